The van der Waals surface area contributed by atoms with Gasteiger partial charge in [0.15, 0.2) is 5.82 Å². The van der Waals surface area contributed by atoms with Crippen molar-refractivity contribution in [1.29, 1.82) is 0 Å². The van der Waals surface area contributed by atoms with Gasteiger partial charge in [-0.25, -0.2) is 4.98 Å². The number of nitrogens with one attached hydrogen (secondary N) is 1. The summed E-state index contributed by atoms with van der Waals surface area (Å²) >= 11 is 0. The quantitative estimate of drug-likeness (QED) is 0.504. The summed E-state index contributed by atoms with van der Waals surface area (Å²) in [6.07, 6.45) is 0. The van der Waals surface area contributed by atoms with Crippen LogP contribution < -0.4 is 0 Å². The van der Waals surface area contributed by atoms with Crippen LogP contribution >= 0.6 is 0 Å². The minimum atomic E-state index is 0.553. The molecule has 1 N–H and O–H groups in total. The number of nitrogens with zero attached hydrogens (tertiary/aromatic N) is 2. The van der Waals surface area contributed by atoms with E-state index in [-0.39, 0.29) is 0 Å². The van der Waals surface area contributed by atoms with Crippen LogP contribution in [0.4, 0.5) is 0 Å². The van der Waals surface area contributed by atoms with Crippen molar-refractivity contribution in [3.8, 4) is 0 Å². The third-order valence-corrected chi connectivity index (χ3v) is 0.644. The molecule has 0 saturated carbocycles. The van der Waals surface area contributed by atoms with E-state index in [0.29, 0.717) is 5.82 Å². The van der Waals surface area contributed by atoms with Crippen molar-refractivity contribution in [3.05, 3.63) is 18.6 Å². The summed E-state index contributed by atoms with van der Waals surface area (Å²) in [5.41, 5.74) is 0. The topological polar surface area (TPSA) is 41.6 Å². The Balaban J connectivity index is 3.04. The van der Waals surface area contributed by atoms with Gasteiger partial charge < -0.3 is 0 Å². The fourth-order valence-electron chi connectivity index (χ4n) is 0.389. The van der Waals surface area contributed by atoms with Crippen LogP contribution in [0.15, 0.2) is 0 Å². The molecule has 3 heteroatoms. The van der Waals surface area contributed by atoms with Crippen molar-refractivity contribution < 1.29 is 0 Å². The Morgan fingerprint density at radius 1 is 1.71 bits per heavy atom. The second-order valence-electron chi connectivity index (χ2n) is 1.34. The predicted octanol–water partition coefficient (Wildman–Crippen LogP) is 0.295. The largest absolute Gasteiger partial charge is 0.263 e. The Morgan fingerprint density at radius 2 is 2.43 bits per heavy atom. The van der Waals surface area contributed by atoms with Crippen molar-refractivity contribution in [2.24, 2.45) is 0 Å². The van der Waals surface area contributed by atoms with Gasteiger partial charge in [-0.15, -0.1) is 0 Å². The SMILES string of the molecule is [CH2]c1n[nH]c(C)n1. The summed E-state index contributed by atoms with van der Waals surface area (Å²) in [6.45, 7) is 5.32. The molecule has 1 rings (SSSR count). The molecule has 0 aromatic carbocycles. The van der Waals surface area contributed by atoms with E-state index in [1.165, 1.54) is 0 Å². The lowest BCUT2D eigenvalue weighted by Crippen LogP contribution is -1.70. The van der Waals surface area contributed by atoms with Crippen molar-refractivity contribution in [1.82, 2.24) is 15.2 Å². The zero-order valence-corrected chi connectivity index (χ0v) is 4.10. The minimum Gasteiger partial charge on any atom is -0.263 e. The number of aryl methyl sites for hydroxylation is 1. The number of aromatic amines is 1. The van der Waals surface area contributed by atoms with Crippen molar-refractivity contribution >= 4 is 0 Å². The average molecular weight is 96.1 g/mol. The average Bonchev–Trinajstić information content (AvgIpc) is 1.87. The third-order valence-electron chi connectivity index (χ3n) is 0.644. The minimum absolute atomic E-state index is 0.553. The smallest absolute Gasteiger partial charge is 0.151 e. The normalized spacial score (nSPS) is 9.43. The first kappa shape index (κ1) is 4.30. The van der Waals surface area contributed by atoms with Gasteiger partial charge in [0.05, 0.1) is 0 Å². The van der Waals surface area contributed by atoms with Gasteiger partial charge in [-0.1, -0.05) is 0 Å². The molecular weight excluding hydrogens is 90.1 g/mol. The van der Waals surface area contributed by atoms with E-state index < -0.39 is 0 Å². The van der Waals surface area contributed by atoms with E-state index in [1.54, 1.807) is 0 Å². The van der Waals surface area contributed by atoms with Crippen LogP contribution in [0.1, 0.15) is 11.6 Å². The number of rotatable bonds is 0. The molecule has 0 aliphatic rings. The van der Waals surface area contributed by atoms with Crippen LogP contribution in [0, 0.1) is 13.8 Å². The molecule has 7 heavy (non-hydrogen) atoms. The number of hydrogen-bond donors (Lipinski definition) is 1. The molecule has 0 spiro atoms. The number of H-pyrrole nitrogens is 1. The summed E-state index contributed by atoms with van der Waals surface area (Å²) in [6, 6.07) is 0. The van der Waals surface area contributed by atoms with Crippen LogP contribution in [-0.2, 0) is 0 Å². The first-order valence-electron chi connectivity index (χ1n) is 2.00. The molecular formula is C4H6N3. The molecule has 0 bridgehead atoms. The van der Waals surface area contributed by atoms with E-state index >= 15 is 0 Å². The van der Waals surface area contributed by atoms with Gasteiger partial charge in [0.25, 0.3) is 0 Å². The Labute approximate surface area is 41.8 Å². The standard InChI is InChI=1S/C4H6N3/c1-3-5-4(2)7-6-3/h1H2,2H3,(H,5,6,7). The Morgan fingerprint density at radius 3 is 2.57 bits per heavy atom. The maximum Gasteiger partial charge on any atom is 0.151 e. The molecule has 3 nitrogen and oxygen atoms in total. The number of aromatic nitrogens is 3. The molecule has 0 unspecified atom stereocenters. The van der Waals surface area contributed by atoms with E-state index in [4.69, 9.17) is 0 Å². The lowest BCUT2D eigenvalue weighted by molar-refractivity contribution is 1.03. The highest BCUT2D eigenvalue weighted by molar-refractivity contribution is 4.89. The van der Waals surface area contributed by atoms with Gasteiger partial charge in [0, 0.05) is 6.92 Å². The highest BCUT2D eigenvalue weighted by Crippen LogP contribution is 1.83. The van der Waals surface area contributed by atoms with E-state index in [2.05, 4.69) is 22.1 Å². The summed E-state index contributed by atoms with van der Waals surface area (Å²) in [5.74, 6) is 1.36. The van der Waals surface area contributed by atoms with Crippen molar-refractivity contribution in [2.75, 3.05) is 0 Å². The maximum atomic E-state index is 3.83. The third kappa shape index (κ3) is 0.765. The lowest BCUT2D eigenvalue weighted by atomic mass is 10.7. The Kier molecular flexibility index (Phi) is 0.817. The van der Waals surface area contributed by atoms with Gasteiger partial charge in [-0.05, 0) is 6.92 Å². The van der Waals surface area contributed by atoms with E-state index in [9.17, 15) is 0 Å². The molecule has 37 valence electrons. The van der Waals surface area contributed by atoms with Crippen molar-refractivity contribution in [2.45, 2.75) is 6.92 Å². The first-order valence-corrected chi connectivity index (χ1v) is 2.00. The zero-order chi connectivity index (χ0) is 5.28. The Hall–Kier alpha value is -0.860. The van der Waals surface area contributed by atoms with Gasteiger partial charge >= 0.3 is 0 Å². The van der Waals surface area contributed by atoms with Gasteiger partial charge in [-0.3, -0.25) is 5.10 Å². The molecule has 0 saturated heterocycles. The Bertz CT molecular complexity index is 139. The van der Waals surface area contributed by atoms with Crippen LogP contribution in [0.5, 0.6) is 0 Å². The molecule has 1 radical (unpaired) electrons. The fourth-order valence-corrected chi connectivity index (χ4v) is 0.389. The summed E-state index contributed by atoms with van der Waals surface area (Å²) in [5, 5.41) is 6.31. The monoisotopic (exact) mass is 96.1 g/mol. The van der Waals surface area contributed by atoms with Crippen LogP contribution in [0.3, 0.4) is 0 Å². The second kappa shape index (κ2) is 1.33. The highest BCUT2D eigenvalue weighted by atomic mass is 15.2. The molecule has 0 aliphatic carbocycles. The molecule has 1 heterocycles. The molecule has 1 aromatic rings. The lowest BCUT2D eigenvalue weighted by Gasteiger charge is -1.67. The maximum absolute atomic E-state index is 3.83. The van der Waals surface area contributed by atoms with E-state index in [0.717, 1.165) is 5.82 Å². The van der Waals surface area contributed by atoms with E-state index in [1.807, 2.05) is 6.92 Å². The van der Waals surface area contributed by atoms with Crippen LogP contribution in [0.2, 0.25) is 0 Å². The summed E-state index contributed by atoms with van der Waals surface area (Å²) < 4.78 is 0. The van der Waals surface area contributed by atoms with Gasteiger partial charge in [0.1, 0.15) is 5.82 Å². The fraction of sp³-hybridized carbons (Fsp3) is 0.250. The van der Waals surface area contributed by atoms with Crippen LogP contribution in [0.25, 0.3) is 0 Å². The van der Waals surface area contributed by atoms with Crippen LogP contribution in [-0.4, -0.2) is 15.2 Å². The molecule has 0 fully saturated rings. The molecule has 0 atom stereocenters. The summed E-state index contributed by atoms with van der Waals surface area (Å²) in [4.78, 5) is 3.83. The summed E-state index contributed by atoms with van der Waals surface area (Å²) in [7, 11) is 0. The zero-order valence-electron chi connectivity index (χ0n) is 4.10. The van der Waals surface area contributed by atoms with Gasteiger partial charge in [0.2, 0.25) is 0 Å². The molecule has 0 aliphatic heterocycles. The molecule has 0 amide bonds. The highest BCUT2D eigenvalue weighted by Gasteiger charge is 1.86. The number of hydrogen-bond acceptors (Lipinski definition) is 2. The molecule has 1 aromatic heterocycles. The second-order valence-corrected chi connectivity index (χ2v) is 1.34. The first-order chi connectivity index (χ1) is 3.29. The van der Waals surface area contributed by atoms with Crippen molar-refractivity contribution in [3.63, 3.8) is 0 Å². The predicted molar refractivity (Wildman–Crippen MR) is 25.6 cm³/mol. The van der Waals surface area contributed by atoms with Gasteiger partial charge in [-0.2, -0.15) is 5.10 Å².